The summed E-state index contributed by atoms with van der Waals surface area (Å²) in [6.45, 7) is 0.614. The molecule has 1 heterocycles. The molecule has 2 aromatic rings. The number of rotatable bonds is 10. The largest absolute Gasteiger partial charge is 0.493 e. The zero-order valence-corrected chi connectivity index (χ0v) is 16.9. The van der Waals surface area contributed by atoms with Crippen molar-refractivity contribution in [2.75, 3.05) is 26.9 Å². The Morgan fingerprint density at radius 3 is 2.64 bits per heavy atom. The normalized spacial score (nSPS) is 11.1. The average Bonchev–Trinajstić information content (AvgIpc) is 3.13. The highest BCUT2D eigenvalue weighted by atomic mass is 35.5. The summed E-state index contributed by atoms with van der Waals surface area (Å²) in [6.07, 6.45) is 10.3. The van der Waals surface area contributed by atoms with Gasteiger partial charge in [-0.3, -0.25) is 4.79 Å². The highest BCUT2D eigenvalue weighted by molar-refractivity contribution is 7.16. The number of hydrogen-bond acceptors (Lipinski definition) is 5. The van der Waals surface area contributed by atoms with Crippen LogP contribution < -0.4 is 14.8 Å². The van der Waals surface area contributed by atoms with E-state index in [1.54, 1.807) is 25.3 Å². The van der Waals surface area contributed by atoms with E-state index in [-0.39, 0.29) is 19.1 Å². The Bertz CT molecular complexity index is 881. The van der Waals surface area contributed by atoms with Crippen LogP contribution in [0.5, 0.6) is 11.5 Å². The van der Waals surface area contributed by atoms with E-state index in [4.69, 9.17) is 38.7 Å². The summed E-state index contributed by atoms with van der Waals surface area (Å²) in [5, 5.41) is 2.87. The van der Waals surface area contributed by atoms with E-state index in [0.29, 0.717) is 33.7 Å². The number of methoxy groups -OCH3 is 1. The monoisotopic (exact) mass is 417 g/mol. The number of terminal acetylenes is 2. The lowest BCUT2D eigenvalue weighted by Crippen LogP contribution is -2.32. The van der Waals surface area contributed by atoms with Crippen LogP contribution in [0.2, 0.25) is 4.34 Å². The predicted molar refractivity (Wildman–Crippen MR) is 111 cm³/mol. The lowest BCUT2D eigenvalue weighted by atomic mass is 10.1. The van der Waals surface area contributed by atoms with Crippen molar-refractivity contribution < 1.29 is 19.0 Å². The summed E-state index contributed by atoms with van der Waals surface area (Å²) in [4.78, 5) is 13.2. The molecule has 28 heavy (non-hydrogen) atoms. The van der Waals surface area contributed by atoms with Crippen molar-refractivity contribution >= 4 is 28.8 Å². The molecule has 2 rings (SSSR count). The van der Waals surface area contributed by atoms with Crippen LogP contribution in [0.3, 0.4) is 0 Å². The van der Waals surface area contributed by atoms with Crippen molar-refractivity contribution in [3.05, 3.63) is 45.1 Å². The number of carbonyl (C=O) groups is 1. The second-order valence-electron chi connectivity index (χ2n) is 5.56. The van der Waals surface area contributed by atoms with Gasteiger partial charge in [-0.1, -0.05) is 29.5 Å². The molecule has 146 valence electrons. The molecule has 0 aliphatic rings. The lowest BCUT2D eigenvalue weighted by Gasteiger charge is -2.15. The van der Waals surface area contributed by atoms with Crippen LogP contribution in [0.15, 0.2) is 30.3 Å². The summed E-state index contributed by atoms with van der Waals surface area (Å²) in [7, 11) is 1.56. The number of amides is 1. The van der Waals surface area contributed by atoms with Gasteiger partial charge in [0.15, 0.2) is 17.6 Å². The third-order valence-electron chi connectivity index (χ3n) is 3.68. The first-order valence-electron chi connectivity index (χ1n) is 8.40. The maximum Gasteiger partial charge on any atom is 0.254 e. The molecule has 0 aliphatic carbocycles. The first-order valence-corrected chi connectivity index (χ1v) is 9.59. The van der Waals surface area contributed by atoms with E-state index in [1.807, 2.05) is 12.1 Å². The zero-order valence-electron chi connectivity index (χ0n) is 15.4. The number of carbonyl (C=O) groups excluding carboxylic acids is 1. The molecule has 1 unspecified atom stereocenters. The molecular formula is C21H20ClNO4S. The van der Waals surface area contributed by atoms with E-state index >= 15 is 0 Å². The maximum atomic E-state index is 12.5. The molecule has 0 bridgehead atoms. The van der Waals surface area contributed by atoms with Gasteiger partial charge < -0.3 is 19.5 Å². The number of nitrogens with one attached hydrogen (secondary N) is 1. The quantitative estimate of drug-likeness (QED) is 0.601. The van der Waals surface area contributed by atoms with E-state index in [9.17, 15) is 4.79 Å². The Labute approximate surface area is 173 Å². The molecule has 1 amide bonds. The molecule has 5 nitrogen and oxygen atoms in total. The van der Waals surface area contributed by atoms with Crippen molar-refractivity contribution in [1.29, 1.82) is 0 Å². The third-order valence-corrected chi connectivity index (χ3v) is 4.95. The third kappa shape index (κ3) is 6.21. The van der Waals surface area contributed by atoms with E-state index in [2.05, 4.69) is 17.2 Å². The van der Waals surface area contributed by atoms with Gasteiger partial charge >= 0.3 is 0 Å². The van der Waals surface area contributed by atoms with Crippen LogP contribution in [-0.2, 0) is 16.0 Å². The summed E-state index contributed by atoms with van der Waals surface area (Å²) >= 11 is 7.24. The van der Waals surface area contributed by atoms with Gasteiger partial charge in [0.05, 0.1) is 11.4 Å². The minimum atomic E-state index is -0.789. The van der Waals surface area contributed by atoms with Crippen LogP contribution >= 0.6 is 22.9 Å². The molecular weight excluding hydrogens is 398 g/mol. The summed E-state index contributed by atoms with van der Waals surface area (Å²) in [5.74, 6) is 5.68. The van der Waals surface area contributed by atoms with Gasteiger partial charge in [0.1, 0.15) is 13.2 Å². The van der Waals surface area contributed by atoms with Crippen molar-refractivity contribution in [3.63, 3.8) is 0 Å². The van der Waals surface area contributed by atoms with E-state index < -0.39 is 6.10 Å². The Morgan fingerprint density at radius 2 is 2.00 bits per heavy atom. The molecule has 1 aromatic carbocycles. The highest BCUT2D eigenvalue weighted by Crippen LogP contribution is 2.30. The summed E-state index contributed by atoms with van der Waals surface area (Å²) in [6, 6.07) is 9.01. The Hall–Kier alpha value is -2.64. The second-order valence-corrected chi connectivity index (χ2v) is 7.30. The molecule has 0 saturated heterocycles. The zero-order chi connectivity index (χ0) is 20.4. The van der Waals surface area contributed by atoms with Gasteiger partial charge in [0.25, 0.3) is 5.91 Å². The fourth-order valence-corrected chi connectivity index (χ4v) is 3.53. The first-order chi connectivity index (χ1) is 13.6. The van der Waals surface area contributed by atoms with Crippen LogP contribution in [0.1, 0.15) is 16.5 Å². The van der Waals surface area contributed by atoms with Crippen LogP contribution in [0.25, 0.3) is 0 Å². The van der Waals surface area contributed by atoms with Gasteiger partial charge in [-0.15, -0.1) is 24.2 Å². The smallest absolute Gasteiger partial charge is 0.254 e. The van der Waals surface area contributed by atoms with Gasteiger partial charge in [0.2, 0.25) is 0 Å². The van der Waals surface area contributed by atoms with Gasteiger partial charge in [-0.2, -0.15) is 0 Å². The van der Waals surface area contributed by atoms with Crippen LogP contribution in [-0.4, -0.2) is 32.8 Å². The van der Waals surface area contributed by atoms with Crippen molar-refractivity contribution in [1.82, 2.24) is 5.32 Å². The molecule has 0 radical (unpaired) electrons. The minimum Gasteiger partial charge on any atom is -0.493 e. The molecule has 1 aromatic heterocycles. The first kappa shape index (κ1) is 21.7. The average molecular weight is 418 g/mol. The topological polar surface area (TPSA) is 56.8 Å². The number of halogens is 1. The standard InChI is InChI=1S/C21H20ClNO4S/c1-4-12-26-16-7-6-15(14-17(16)25-3)10-11-23-21(24)20(27-13-5-2)18-8-9-19(22)28-18/h1-2,6-9,14,20H,10-13H2,3H3,(H,23,24). The minimum absolute atomic E-state index is 0.0317. The SMILES string of the molecule is C#CCOc1ccc(CCNC(=O)C(OCC#C)c2ccc(Cl)s2)cc1OC. The maximum absolute atomic E-state index is 12.5. The lowest BCUT2D eigenvalue weighted by molar-refractivity contribution is -0.132. The molecule has 0 fully saturated rings. The number of hydrogen-bond donors (Lipinski definition) is 1. The fourth-order valence-electron chi connectivity index (χ4n) is 2.42. The molecule has 0 aliphatic heterocycles. The molecule has 0 spiro atoms. The number of benzene rings is 1. The van der Waals surface area contributed by atoms with E-state index in [1.165, 1.54) is 11.3 Å². The highest BCUT2D eigenvalue weighted by Gasteiger charge is 2.22. The predicted octanol–water partition coefficient (Wildman–Crippen LogP) is 3.47. The van der Waals surface area contributed by atoms with Crippen molar-refractivity contribution in [3.8, 4) is 36.2 Å². The van der Waals surface area contributed by atoms with Crippen LogP contribution in [0.4, 0.5) is 0 Å². The summed E-state index contributed by atoms with van der Waals surface area (Å²) < 4.78 is 16.8. The van der Waals surface area contributed by atoms with Crippen LogP contribution in [0, 0.1) is 24.7 Å². The second kappa shape index (κ2) is 11.3. The molecule has 1 N–H and O–H groups in total. The molecule has 0 saturated carbocycles. The Kier molecular flexibility index (Phi) is 8.71. The Morgan fingerprint density at radius 1 is 1.21 bits per heavy atom. The van der Waals surface area contributed by atoms with Crippen molar-refractivity contribution in [2.24, 2.45) is 0 Å². The molecule has 1 atom stereocenters. The van der Waals surface area contributed by atoms with E-state index in [0.717, 1.165) is 5.56 Å². The van der Waals surface area contributed by atoms with Crippen molar-refractivity contribution in [2.45, 2.75) is 12.5 Å². The number of ether oxygens (including phenoxy) is 3. The van der Waals surface area contributed by atoms with Gasteiger partial charge in [0, 0.05) is 11.4 Å². The molecule has 7 heteroatoms. The van der Waals surface area contributed by atoms with Gasteiger partial charge in [-0.05, 0) is 36.2 Å². The van der Waals surface area contributed by atoms with Gasteiger partial charge in [-0.25, -0.2) is 0 Å². The fraction of sp³-hybridized carbons (Fsp3) is 0.286. The Balaban J connectivity index is 1.96. The summed E-state index contributed by atoms with van der Waals surface area (Å²) in [5.41, 5.74) is 0.977. The number of thiophene rings is 1.